The van der Waals surface area contributed by atoms with Crippen molar-refractivity contribution >= 4 is 5.97 Å². The number of carbonyl (C=O) groups is 1. The number of esters is 1. The van der Waals surface area contributed by atoms with Gasteiger partial charge in [0.1, 0.15) is 0 Å². The first kappa shape index (κ1) is 13.8. The molecule has 0 spiro atoms. The van der Waals surface area contributed by atoms with Crippen molar-refractivity contribution in [1.82, 2.24) is 9.47 Å². The van der Waals surface area contributed by atoms with Crippen molar-refractivity contribution in [1.29, 1.82) is 0 Å². The van der Waals surface area contributed by atoms with Gasteiger partial charge < -0.3 is 14.2 Å². The third-order valence-corrected chi connectivity index (χ3v) is 3.60. The van der Waals surface area contributed by atoms with E-state index in [4.69, 9.17) is 4.74 Å². The zero-order valence-corrected chi connectivity index (χ0v) is 11.2. The summed E-state index contributed by atoms with van der Waals surface area (Å²) in [4.78, 5) is 25.3. The normalized spacial score (nSPS) is 20.2. The van der Waals surface area contributed by atoms with Gasteiger partial charge in [-0.3, -0.25) is 9.59 Å². The Bertz CT molecular complexity index is 484. The van der Waals surface area contributed by atoms with E-state index in [-0.39, 0.29) is 17.4 Å². The van der Waals surface area contributed by atoms with Crippen LogP contribution in [-0.2, 0) is 16.1 Å². The third-order valence-electron chi connectivity index (χ3n) is 3.60. The summed E-state index contributed by atoms with van der Waals surface area (Å²) >= 11 is 0. The number of hydrogen-bond donors (Lipinski definition) is 0. The Morgan fingerprint density at radius 3 is 3.00 bits per heavy atom. The second kappa shape index (κ2) is 6.52. The Morgan fingerprint density at radius 1 is 1.42 bits per heavy atom. The molecule has 104 valence electrons. The highest BCUT2D eigenvalue weighted by Crippen LogP contribution is 2.17. The summed E-state index contributed by atoms with van der Waals surface area (Å²) in [6.07, 6.45) is 3.70. The van der Waals surface area contributed by atoms with Crippen LogP contribution in [0, 0.1) is 5.92 Å². The summed E-state index contributed by atoms with van der Waals surface area (Å²) in [5.41, 5.74) is 0.0176. The zero-order valence-electron chi connectivity index (χ0n) is 11.2. The van der Waals surface area contributed by atoms with E-state index in [1.165, 1.54) is 7.11 Å². The van der Waals surface area contributed by atoms with Crippen molar-refractivity contribution in [3.05, 3.63) is 34.7 Å². The van der Waals surface area contributed by atoms with Gasteiger partial charge in [-0.2, -0.15) is 0 Å². The summed E-state index contributed by atoms with van der Waals surface area (Å²) in [5, 5.41) is 0. The Morgan fingerprint density at radius 2 is 2.26 bits per heavy atom. The van der Waals surface area contributed by atoms with Crippen LogP contribution in [0.5, 0.6) is 0 Å². The molecule has 5 nitrogen and oxygen atoms in total. The molecule has 1 aliphatic heterocycles. The summed E-state index contributed by atoms with van der Waals surface area (Å²) in [7, 11) is 1.44. The number of methoxy groups -OCH3 is 1. The molecule has 1 aliphatic rings. The number of likely N-dealkylation sites (tertiary alicyclic amines) is 1. The number of ether oxygens (including phenoxy) is 1. The van der Waals surface area contributed by atoms with E-state index >= 15 is 0 Å². The number of nitrogens with zero attached hydrogens (tertiary/aromatic N) is 2. The second-order valence-corrected chi connectivity index (χ2v) is 4.90. The fourth-order valence-electron chi connectivity index (χ4n) is 2.51. The molecule has 0 aliphatic carbocycles. The van der Waals surface area contributed by atoms with Crippen LogP contribution in [0.15, 0.2) is 29.2 Å². The predicted molar refractivity (Wildman–Crippen MR) is 71.9 cm³/mol. The molecule has 5 heteroatoms. The fourth-order valence-corrected chi connectivity index (χ4v) is 2.51. The van der Waals surface area contributed by atoms with Crippen LogP contribution in [0.3, 0.4) is 0 Å². The molecule has 1 atom stereocenters. The zero-order chi connectivity index (χ0) is 13.7. The summed E-state index contributed by atoms with van der Waals surface area (Å²) < 4.78 is 6.50. The molecule has 0 aromatic carbocycles. The van der Waals surface area contributed by atoms with Crippen molar-refractivity contribution in [2.45, 2.75) is 19.4 Å². The topological polar surface area (TPSA) is 51.5 Å². The van der Waals surface area contributed by atoms with Crippen LogP contribution in [-0.4, -0.2) is 42.2 Å². The summed E-state index contributed by atoms with van der Waals surface area (Å²) in [6.45, 7) is 3.16. The minimum Gasteiger partial charge on any atom is -0.469 e. The number of pyridine rings is 1. The lowest BCUT2D eigenvalue weighted by molar-refractivity contribution is -0.147. The third kappa shape index (κ3) is 3.67. The molecule has 1 unspecified atom stereocenters. The maximum atomic E-state index is 11.6. The molecule has 19 heavy (non-hydrogen) atoms. The quantitative estimate of drug-likeness (QED) is 0.752. The molecule has 0 saturated carbocycles. The van der Waals surface area contributed by atoms with Gasteiger partial charge in [0.05, 0.1) is 13.0 Å². The van der Waals surface area contributed by atoms with Crippen LogP contribution in [0.25, 0.3) is 0 Å². The SMILES string of the molecule is COC(=O)C1CCCN(CCn2ccccc2=O)C1. The highest BCUT2D eigenvalue weighted by molar-refractivity contribution is 5.72. The molecular weight excluding hydrogens is 244 g/mol. The van der Waals surface area contributed by atoms with Crippen molar-refractivity contribution in [2.24, 2.45) is 5.92 Å². The lowest BCUT2D eigenvalue weighted by Gasteiger charge is -2.31. The van der Waals surface area contributed by atoms with Gasteiger partial charge in [0.15, 0.2) is 0 Å². The van der Waals surface area contributed by atoms with Crippen LogP contribution in [0.2, 0.25) is 0 Å². The number of carbonyl (C=O) groups excluding carboxylic acids is 1. The average molecular weight is 264 g/mol. The van der Waals surface area contributed by atoms with Gasteiger partial charge in [0.25, 0.3) is 5.56 Å². The van der Waals surface area contributed by atoms with Gasteiger partial charge in [0.2, 0.25) is 0 Å². The molecule has 0 N–H and O–H groups in total. The lowest BCUT2D eigenvalue weighted by Crippen LogP contribution is -2.41. The number of rotatable bonds is 4. The summed E-state index contributed by atoms with van der Waals surface area (Å²) in [5.74, 6) is -0.146. The Kier molecular flexibility index (Phi) is 4.74. The fraction of sp³-hybridized carbons (Fsp3) is 0.571. The molecule has 0 bridgehead atoms. The summed E-state index contributed by atoms with van der Waals surface area (Å²) in [6, 6.07) is 5.16. The van der Waals surface area contributed by atoms with E-state index in [0.717, 1.165) is 32.5 Å². The first-order valence-corrected chi connectivity index (χ1v) is 6.66. The molecule has 1 aromatic rings. The monoisotopic (exact) mass is 264 g/mol. The number of hydrogen-bond acceptors (Lipinski definition) is 4. The van der Waals surface area contributed by atoms with Crippen LogP contribution in [0.4, 0.5) is 0 Å². The second-order valence-electron chi connectivity index (χ2n) is 4.90. The highest BCUT2D eigenvalue weighted by atomic mass is 16.5. The van der Waals surface area contributed by atoms with Crippen molar-refractivity contribution in [2.75, 3.05) is 26.7 Å². The Balaban J connectivity index is 1.88. The smallest absolute Gasteiger partial charge is 0.309 e. The van der Waals surface area contributed by atoms with Gasteiger partial charge in [0, 0.05) is 31.9 Å². The molecule has 1 saturated heterocycles. The average Bonchev–Trinajstić information content (AvgIpc) is 2.46. The van der Waals surface area contributed by atoms with Gasteiger partial charge in [-0.25, -0.2) is 0 Å². The van der Waals surface area contributed by atoms with Crippen molar-refractivity contribution < 1.29 is 9.53 Å². The van der Waals surface area contributed by atoms with E-state index in [9.17, 15) is 9.59 Å². The molecular formula is C14H20N2O3. The first-order valence-electron chi connectivity index (χ1n) is 6.66. The number of aromatic nitrogens is 1. The highest BCUT2D eigenvalue weighted by Gasteiger charge is 2.25. The minimum atomic E-state index is -0.124. The first-order chi connectivity index (χ1) is 9.20. The van der Waals surface area contributed by atoms with E-state index in [1.54, 1.807) is 22.9 Å². The van der Waals surface area contributed by atoms with E-state index < -0.39 is 0 Å². The predicted octanol–water partition coefficient (Wildman–Crippen LogP) is 0.733. The molecule has 1 fully saturated rings. The minimum absolute atomic E-state index is 0.0176. The van der Waals surface area contributed by atoms with Gasteiger partial charge >= 0.3 is 5.97 Å². The Hall–Kier alpha value is -1.62. The Labute approximate surface area is 112 Å². The van der Waals surface area contributed by atoms with E-state index in [0.29, 0.717) is 6.54 Å². The van der Waals surface area contributed by atoms with Crippen LogP contribution in [0.1, 0.15) is 12.8 Å². The van der Waals surface area contributed by atoms with Gasteiger partial charge in [-0.15, -0.1) is 0 Å². The number of piperidine rings is 1. The molecule has 2 heterocycles. The lowest BCUT2D eigenvalue weighted by atomic mass is 9.98. The molecule has 0 radical (unpaired) electrons. The molecule has 1 aromatic heterocycles. The van der Waals surface area contributed by atoms with Crippen LogP contribution >= 0.6 is 0 Å². The largest absolute Gasteiger partial charge is 0.469 e. The maximum Gasteiger partial charge on any atom is 0.309 e. The van der Waals surface area contributed by atoms with Crippen molar-refractivity contribution in [3.63, 3.8) is 0 Å². The maximum absolute atomic E-state index is 11.6. The van der Waals surface area contributed by atoms with E-state index in [2.05, 4.69) is 4.90 Å². The standard InChI is InChI=1S/C14H20N2O3/c1-19-14(18)12-5-4-7-15(11-12)9-10-16-8-3-2-6-13(16)17/h2-3,6,8,12H,4-5,7,9-11H2,1H3. The van der Waals surface area contributed by atoms with E-state index in [1.807, 2.05) is 6.07 Å². The van der Waals surface area contributed by atoms with Crippen LogP contribution < -0.4 is 5.56 Å². The molecule has 2 rings (SSSR count). The van der Waals surface area contributed by atoms with Gasteiger partial charge in [-0.1, -0.05) is 6.07 Å². The molecule has 0 amide bonds. The van der Waals surface area contributed by atoms with Gasteiger partial charge in [-0.05, 0) is 25.5 Å². The van der Waals surface area contributed by atoms with Crippen molar-refractivity contribution in [3.8, 4) is 0 Å².